The quantitative estimate of drug-likeness (QED) is 0.302. The van der Waals surface area contributed by atoms with Crippen molar-refractivity contribution in [3.8, 4) is 11.5 Å². The normalized spacial score (nSPS) is 28.8. The highest BCUT2D eigenvalue weighted by molar-refractivity contribution is 5.94. The van der Waals surface area contributed by atoms with E-state index in [-0.39, 0.29) is 29.5 Å². The molecule has 0 heterocycles. The summed E-state index contributed by atoms with van der Waals surface area (Å²) in [6, 6.07) is 4.75. The van der Waals surface area contributed by atoms with Crippen LogP contribution in [0.4, 0.5) is 0 Å². The molecule has 0 aromatic heterocycles. The highest BCUT2D eigenvalue weighted by atomic mass is 16.6. The molecule has 0 saturated heterocycles. The molecular weight excluding hydrogens is 382 g/mol. The lowest BCUT2D eigenvalue weighted by Crippen LogP contribution is -2.53. The van der Waals surface area contributed by atoms with Gasteiger partial charge in [-0.3, -0.25) is 14.4 Å². The number of carbonyl (C=O) groups is 3. The maximum Gasteiger partial charge on any atom is 0.311 e. The first-order valence-electron chi connectivity index (χ1n) is 11.1. The van der Waals surface area contributed by atoms with Crippen molar-refractivity contribution in [3.63, 3.8) is 0 Å². The molecule has 6 nitrogen and oxygen atoms in total. The maximum atomic E-state index is 12.9. The van der Waals surface area contributed by atoms with E-state index in [9.17, 15) is 14.4 Å². The van der Waals surface area contributed by atoms with Crippen LogP contribution in [0.5, 0.6) is 11.5 Å². The minimum atomic E-state index is -0.382. The number of rotatable bonds is 8. The van der Waals surface area contributed by atoms with Crippen LogP contribution in [-0.4, -0.2) is 31.3 Å². The van der Waals surface area contributed by atoms with Gasteiger partial charge >= 0.3 is 5.97 Å². The number of Topliss-reactive ketones (excluding diaryl/α,β-unsaturated/α-hetero) is 1. The first-order chi connectivity index (χ1) is 14.4. The van der Waals surface area contributed by atoms with Crippen LogP contribution in [0.15, 0.2) is 18.2 Å². The van der Waals surface area contributed by atoms with E-state index >= 15 is 0 Å². The molecule has 4 saturated carbocycles. The van der Waals surface area contributed by atoms with Crippen LogP contribution in [0.1, 0.15) is 68.6 Å². The summed E-state index contributed by atoms with van der Waals surface area (Å²) in [5.74, 6) is 2.59. The summed E-state index contributed by atoms with van der Waals surface area (Å²) in [5.41, 5.74) is 0.347. The lowest BCUT2D eigenvalue weighted by atomic mass is 9.49. The van der Waals surface area contributed by atoms with Crippen LogP contribution in [-0.2, 0) is 9.59 Å². The summed E-state index contributed by atoms with van der Waals surface area (Å²) in [4.78, 5) is 36.6. The molecule has 0 atom stereocenters. The van der Waals surface area contributed by atoms with Crippen LogP contribution in [0, 0.1) is 23.2 Å². The van der Waals surface area contributed by atoms with Crippen LogP contribution in [0.25, 0.3) is 0 Å². The van der Waals surface area contributed by atoms with Crippen molar-refractivity contribution in [2.45, 2.75) is 58.3 Å². The van der Waals surface area contributed by atoms with Crippen molar-refractivity contribution in [1.29, 1.82) is 0 Å². The van der Waals surface area contributed by atoms with Gasteiger partial charge in [-0.15, -0.1) is 0 Å². The SMILES string of the molecule is COc1cc(C(C)=O)ccc1OC(=O)CCCNC(=O)C12CC3CC(CC(C3)C1)C2. The smallest absolute Gasteiger partial charge is 0.311 e. The highest BCUT2D eigenvalue weighted by Gasteiger charge is 2.54. The van der Waals surface area contributed by atoms with E-state index < -0.39 is 0 Å². The largest absolute Gasteiger partial charge is 0.493 e. The van der Waals surface area contributed by atoms with Gasteiger partial charge < -0.3 is 14.8 Å². The topological polar surface area (TPSA) is 81.7 Å². The predicted octanol–water partition coefficient (Wildman–Crippen LogP) is 3.92. The lowest BCUT2D eigenvalue weighted by Gasteiger charge is -2.55. The minimum Gasteiger partial charge on any atom is -0.493 e. The van der Waals surface area contributed by atoms with Crippen LogP contribution < -0.4 is 14.8 Å². The third-order valence-electron chi connectivity index (χ3n) is 7.16. The third kappa shape index (κ3) is 4.23. The van der Waals surface area contributed by atoms with E-state index in [1.54, 1.807) is 18.2 Å². The van der Waals surface area contributed by atoms with Crippen molar-refractivity contribution in [1.82, 2.24) is 5.32 Å². The Bertz CT molecular complexity index is 811. The number of esters is 1. The molecule has 0 radical (unpaired) electrons. The second-order valence-corrected chi connectivity index (χ2v) is 9.45. The molecule has 6 heteroatoms. The molecule has 4 fully saturated rings. The molecule has 162 valence electrons. The zero-order valence-corrected chi connectivity index (χ0v) is 17.9. The summed E-state index contributed by atoms with van der Waals surface area (Å²) < 4.78 is 10.6. The average Bonchev–Trinajstić information content (AvgIpc) is 2.70. The van der Waals surface area contributed by atoms with Gasteiger partial charge in [-0.25, -0.2) is 0 Å². The second-order valence-electron chi connectivity index (χ2n) is 9.45. The zero-order chi connectivity index (χ0) is 21.3. The van der Waals surface area contributed by atoms with Crippen molar-refractivity contribution < 1.29 is 23.9 Å². The van der Waals surface area contributed by atoms with Gasteiger partial charge in [0.2, 0.25) is 5.91 Å². The number of benzene rings is 1. The molecule has 1 N–H and O–H groups in total. The van der Waals surface area contributed by atoms with Gasteiger partial charge in [0.25, 0.3) is 0 Å². The number of methoxy groups -OCH3 is 1. The number of amides is 1. The maximum absolute atomic E-state index is 12.9. The van der Waals surface area contributed by atoms with Crippen molar-refractivity contribution in [3.05, 3.63) is 23.8 Å². The molecule has 4 aliphatic carbocycles. The summed E-state index contributed by atoms with van der Waals surface area (Å²) >= 11 is 0. The Hall–Kier alpha value is -2.37. The van der Waals surface area contributed by atoms with Crippen molar-refractivity contribution in [2.75, 3.05) is 13.7 Å². The van der Waals surface area contributed by atoms with E-state index in [0.717, 1.165) is 37.0 Å². The van der Waals surface area contributed by atoms with E-state index in [1.807, 2.05) is 0 Å². The number of ketones is 1. The molecule has 30 heavy (non-hydrogen) atoms. The molecular formula is C24H31NO5. The summed E-state index contributed by atoms with van der Waals surface area (Å²) in [6.07, 6.45) is 7.82. The molecule has 1 aromatic rings. The molecule has 5 rings (SSSR count). The second kappa shape index (κ2) is 8.40. The Labute approximate surface area is 177 Å². The molecule has 4 bridgehead atoms. The van der Waals surface area contributed by atoms with Gasteiger partial charge in [0.05, 0.1) is 7.11 Å². The number of nitrogens with one attached hydrogen (secondary N) is 1. The predicted molar refractivity (Wildman–Crippen MR) is 111 cm³/mol. The Balaban J connectivity index is 1.24. The monoisotopic (exact) mass is 413 g/mol. The molecule has 0 unspecified atom stereocenters. The standard InChI is InChI=1S/C24H31NO5/c1-15(26)19-5-6-20(21(11-19)29-2)30-22(27)4-3-7-25-23(28)24-12-16-8-17(13-24)10-18(9-16)14-24/h5-6,11,16-18H,3-4,7-10,12-14H2,1-2H3,(H,25,28). The van der Waals surface area contributed by atoms with E-state index in [2.05, 4.69) is 5.32 Å². The van der Waals surface area contributed by atoms with Gasteiger partial charge in [0, 0.05) is 23.9 Å². The summed E-state index contributed by atoms with van der Waals surface area (Å²) in [6.45, 7) is 1.95. The zero-order valence-electron chi connectivity index (χ0n) is 17.9. The average molecular weight is 414 g/mol. The first kappa shape index (κ1) is 20.9. The Morgan fingerprint density at radius 2 is 1.67 bits per heavy atom. The fourth-order valence-electron chi connectivity index (χ4n) is 6.16. The third-order valence-corrected chi connectivity index (χ3v) is 7.16. The van der Waals surface area contributed by atoms with Crippen molar-refractivity contribution >= 4 is 17.7 Å². The van der Waals surface area contributed by atoms with Crippen LogP contribution in [0.3, 0.4) is 0 Å². The molecule has 0 aliphatic heterocycles. The number of hydrogen-bond donors (Lipinski definition) is 1. The number of carbonyl (C=O) groups excluding carboxylic acids is 3. The van der Waals surface area contributed by atoms with E-state index in [0.29, 0.717) is 30.0 Å². The summed E-state index contributed by atoms with van der Waals surface area (Å²) in [5, 5.41) is 3.09. The van der Waals surface area contributed by atoms with Gasteiger partial charge in [0.1, 0.15) is 0 Å². The van der Waals surface area contributed by atoms with Gasteiger partial charge in [0.15, 0.2) is 17.3 Å². The molecule has 0 spiro atoms. The Morgan fingerprint density at radius 3 is 2.23 bits per heavy atom. The Morgan fingerprint density at radius 1 is 1.03 bits per heavy atom. The number of hydrogen-bond acceptors (Lipinski definition) is 5. The molecule has 4 aliphatic rings. The highest BCUT2D eigenvalue weighted by Crippen LogP contribution is 2.60. The summed E-state index contributed by atoms with van der Waals surface area (Å²) in [7, 11) is 1.47. The fourth-order valence-corrected chi connectivity index (χ4v) is 6.16. The van der Waals surface area contributed by atoms with E-state index in [1.165, 1.54) is 33.3 Å². The number of ether oxygens (including phenoxy) is 2. The first-order valence-corrected chi connectivity index (χ1v) is 11.1. The Kier molecular flexibility index (Phi) is 5.85. The van der Waals surface area contributed by atoms with Crippen LogP contribution >= 0.6 is 0 Å². The fraction of sp³-hybridized carbons (Fsp3) is 0.625. The molecule has 1 aromatic carbocycles. The van der Waals surface area contributed by atoms with Crippen LogP contribution in [0.2, 0.25) is 0 Å². The van der Waals surface area contributed by atoms with Gasteiger partial charge in [-0.1, -0.05) is 0 Å². The van der Waals surface area contributed by atoms with Crippen molar-refractivity contribution in [2.24, 2.45) is 23.2 Å². The lowest BCUT2D eigenvalue weighted by molar-refractivity contribution is -0.146. The molecule has 1 amide bonds. The van der Waals surface area contributed by atoms with Gasteiger partial charge in [-0.05, 0) is 87.8 Å². The minimum absolute atomic E-state index is 0.0825. The van der Waals surface area contributed by atoms with Gasteiger partial charge in [-0.2, -0.15) is 0 Å². The van der Waals surface area contributed by atoms with E-state index in [4.69, 9.17) is 9.47 Å².